The molecule has 3 rings (SSSR count). The molecule has 0 aromatic carbocycles. The summed E-state index contributed by atoms with van der Waals surface area (Å²) in [5.41, 5.74) is 1.49. The van der Waals surface area contributed by atoms with Crippen molar-refractivity contribution >= 4 is 17.4 Å². The first-order valence-electron chi connectivity index (χ1n) is 7.06. The molecule has 0 aliphatic carbocycles. The van der Waals surface area contributed by atoms with E-state index in [0.29, 0.717) is 22.9 Å². The lowest BCUT2D eigenvalue weighted by atomic mass is 10.2. The minimum absolute atomic E-state index is 0.0220. The molecule has 1 atom stereocenters. The molecule has 0 N–H and O–H groups in total. The van der Waals surface area contributed by atoms with Crippen LogP contribution in [-0.4, -0.2) is 29.2 Å². The number of hydrogen-bond acceptors (Lipinski definition) is 5. The van der Waals surface area contributed by atoms with E-state index in [1.165, 1.54) is 0 Å². The lowest BCUT2D eigenvalue weighted by Gasteiger charge is -2.19. The van der Waals surface area contributed by atoms with Gasteiger partial charge >= 0.3 is 0 Å². The number of nitriles is 1. The van der Waals surface area contributed by atoms with Gasteiger partial charge < -0.3 is 9.64 Å². The minimum Gasteiger partial charge on any atom is -0.487 e. The second-order valence-corrected chi connectivity index (χ2v) is 5.62. The van der Waals surface area contributed by atoms with E-state index in [1.54, 1.807) is 18.5 Å². The second-order valence-electron chi connectivity index (χ2n) is 5.22. The molecule has 1 aliphatic heterocycles. The molecule has 0 saturated carbocycles. The molecule has 0 amide bonds. The van der Waals surface area contributed by atoms with Crippen molar-refractivity contribution in [3.8, 4) is 11.8 Å². The van der Waals surface area contributed by atoms with E-state index in [1.807, 2.05) is 19.1 Å². The van der Waals surface area contributed by atoms with E-state index in [-0.39, 0.29) is 6.10 Å². The first-order chi connectivity index (χ1) is 10.7. The maximum atomic E-state index is 9.23. The minimum atomic E-state index is 0.0220. The summed E-state index contributed by atoms with van der Waals surface area (Å²) < 4.78 is 5.94. The van der Waals surface area contributed by atoms with Crippen molar-refractivity contribution in [1.82, 2.24) is 9.97 Å². The van der Waals surface area contributed by atoms with Crippen LogP contribution < -0.4 is 9.64 Å². The zero-order valence-electron chi connectivity index (χ0n) is 12.2. The van der Waals surface area contributed by atoms with Crippen LogP contribution in [0.5, 0.6) is 5.75 Å². The first kappa shape index (κ1) is 14.6. The number of pyridine rings is 2. The van der Waals surface area contributed by atoms with Gasteiger partial charge in [-0.15, -0.1) is 0 Å². The molecular weight excluding hydrogens is 300 g/mol. The Hall–Kier alpha value is -2.32. The molecular formula is C16H15ClN4O. The lowest BCUT2D eigenvalue weighted by molar-refractivity contribution is 0.225. The standard InChI is InChI=1S/C16H15ClN4O/c1-11-2-3-12(8-18)16(20-11)21-7-5-13(10-21)22-15-4-6-19-9-14(15)17/h2-4,6,9,13H,5,7,10H2,1H3. The fourth-order valence-electron chi connectivity index (χ4n) is 2.53. The average Bonchev–Trinajstić information content (AvgIpc) is 2.98. The highest BCUT2D eigenvalue weighted by atomic mass is 35.5. The van der Waals surface area contributed by atoms with Crippen LogP contribution in [0.3, 0.4) is 0 Å². The topological polar surface area (TPSA) is 62.0 Å². The molecule has 3 heterocycles. The molecule has 22 heavy (non-hydrogen) atoms. The monoisotopic (exact) mass is 314 g/mol. The van der Waals surface area contributed by atoms with Gasteiger partial charge in [-0.3, -0.25) is 4.98 Å². The highest BCUT2D eigenvalue weighted by Gasteiger charge is 2.27. The first-order valence-corrected chi connectivity index (χ1v) is 7.44. The van der Waals surface area contributed by atoms with E-state index >= 15 is 0 Å². The van der Waals surface area contributed by atoms with Gasteiger partial charge in [-0.1, -0.05) is 11.6 Å². The molecule has 0 spiro atoms. The summed E-state index contributed by atoms with van der Waals surface area (Å²) >= 11 is 6.07. The molecule has 0 radical (unpaired) electrons. The summed E-state index contributed by atoms with van der Waals surface area (Å²) in [6, 6.07) is 7.62. The number of ether oxygens (including phenoxy) is 1. The van der Waals surface area contributed by atoms with E-state index in [9.17, 15) is 5.26 Å². The summed E-state index contributed by atoms with van der Waals surface area (Å²) in [6.07, 6.45) is 4.11. The number of anilines is 1. The Balaban J connectivity index is 1.74. The number of hydrogen-bond donors (Lipinski definition) is 0. The van der Waals surface area contributed by atoms with Crippen molar-refractivity contribution < 1.29 is 4.74 Å². The number of halogens is 1. The van der Waals surface area contributed by atoms with Crippen LogP contribution in [0.15, 0.2) is 30.6 Å². The van der Waals surface area contributed by atoms with Crippen LogP contribution in [0.1, 0.15) is 17.7 Å². The van der Waals surface area contributed by atoms with Gasteiger partial charge in [0.15, 0.2) is 0 Å². The van der Waals surface area contributed by atoms with Crippen molar-refractivity contribution in [2.75, 3.05) is 18.0 Å². The van der Waals surface area contributed by atoms with Crippen LogP contribution in [-0.2, 0) is 0 Å². The summed E-state index contributed by atoms with van der Waals surface area (Å²) in [5, 5.41) is 9.74. The fraction of sp³-hybridized carbons (Fsp3) is 0.312. The predicted octanol–water partition coefficient (Wildman–Crippen LogP) is 2.97. The van der Waals surface area contributed by atoms with Gasteiger partial charge in [-0.25, -0.2) is 4.98 Å². The summed E-state index contributed by atoms with van der Waals surface area (Å²) in [5.74, 6) is 1.37. The zero-order chi connectivity index (χ0) is 15.5. The number of aromatic nitrogens is 2. The van der Waals surface area contributed by atoms with Gasteiger partial charge in [-0.2, -0.15) is 5.26 Å². The molecule has 1 saturated heterocycles. The third kappa shape index (κ3) is 2.97. The Morgan fingerprint density at radius 2 is 2.27 bits per heavy atom. The molecule has 1 fully saturated rings. The Morgan fingerprint density at radius 3 is 3.05 bits per heavy atom. The van der Waals surface area contributed by atoms with Gasteiger partial charge in [-0.05, 0) is 19.1 Å². The molecule has 5 nitrogen and oxygen atoms in total. The van der Waals surface area contributed by atoms with E-state index in [2.05, 4.69) is 20.9 Å². The van der Waals surface area contributed by atoms with Gasteiger partial charge in [0.2, 0.25) is 0 Å². The SMILES string of the molecule is Cc1ccc(C#N)c(N2CCC(Oc3ccncc3Cl)C2)n1. The number of aryl methyl sites for hydroxylation is 1. The zero-order valence-corrected chi connectivity index (χ0v) is 12.9. The average molecular weight is 315 g/mol. The van der Waals surface area contributed by atoms with Gasteiger partial charge in [0, 0.05) is 37.1 Å². The predicted molar refractivity (Wildman–Crippen MR) is 84.2 cm³/mol. The van der Waals surface area contributed by atoms with Crippen LogP contribution in [0.4, 0.5) is 5.82 Å². The van der Waals surface area contributed by atoms with Crippen LogP contribution >= 0.6 is 11.6 Å². The maximum absolute atomic E-state index is 9.23. The highest BCUT2D eigenvalue weighted by Crippen LogP contribution is 2.28. The number of nitrogens with zero attached hydrogens (tertiary/aromatic N) is 4. The van der Waals surface area contributed by atoms with Gasteiger partial charge in [0.05, 0.1) is 12.1 Å². The summed E-state index contributed by atoms with van der Waals surface area (Å²) in [6.45, 7) is 3.41. The maximum Gasteiger partial charge on any atom is 0.146 e. The fourth-order valence-corrected chi connectivity index (χ4v) is 2.69. The lowest BCUT2D eigenvalue weighted by Crippen LogP contribution is -2.26. The van der Waals surface area contributed by atoms with Crippen molar-refractivity contribution in [2.24, 2.45) is 0 Å². The van der Waals surface area contributed by atoms with Gasteiger partial charge in [0.25, 0.3) is 0 Å². The summed E-state index contributed by atoms with van der Waals surface area (Å²) in [4.78, 5) is 10.5. The molecule has 2 aromatic rings. The van der Waals surface area contributed by atoms with Crippen molar-refractivity contribution in [2.45, 2.75) is 19.4 Å². The molecule has 1 unspecified atom stereocenters. The van der Waals surface area contributed by atoms with Crippen molar-refractivity contribution in [3.05, 3.63) is 46.9 Å². The Kier molecular flexibility index (Phi) is 4.12. The molecule has 1 aliphatic rings. The van der Waals surface area contributed by atoms with Crippen LogP contribution in [0.2, 0.25) is 5.02 Å². The smallest absolute Gasteiger partial charge is 0.146 e. The number of rotatable bonds is 3. The Bertz CT molecular complexity index is 728. The second kappa shape index (κ2) is 6.20. The van der Waals surface area contributed by atoms with Crippen LogP contribution in [0, 0.1) is 18.3 Å². The normalized spacial score (nSPS) is 17.3. The Labute approximate surface area is 134 Å². The molecule has 6 heteroatoms. The Morgan fingerprint density at radius 1 is 1.41 bits per heavy atom. The third-order valence-corrected chi connectivity index (χ3v) is 3.89. The third-order valence-electron chi connectivity index (χ3n) is 3.61. The molecule has 112 valence electrons. The van der Waals surface area contributed by atoms with Crippen LogP contribution in [0.25, 0.3) is 0 Å². The van der Waals surface area contributed by atoms with Gasteiger partial charge in [0.1, 0.15) is 28.8 Å². The van der Waals surface area contributed by atoms with E-state index in [4.69, 9.17) is 16.3 Å². The molecule has 0 bridgehead atoms. The molecule has 2 aromatic heterocycles. The quantitative estimate of drug-likeness (QED) is 0.871. The van der Waals surface area contributed by atoms with E-state index < -0.39 is 0 Å². The summed E-state index contributed by atoms with van der Waals surface area (Å²) in [7, 11) is 0. The van der Waals surface area contributed by atoms with E-state index in [0.717, 1.165) is 24.5 Å². The van der Waals surface area contributed by atoms with Crippen molar-refractivity contribution in [1.29, 1.82) is 5.26 Å². The highest BCUT2D eigenvalue weighted by molar-refractivity contribution is 6.31. The largest absolute Gasteiger partial charge is 0.487 e. The van der Waals surface area contributed by atoms with Crippen molar-refractivity contribution in [3.63, 3.8) is 0 Å².